The molecule has 0 heterocycles. The van der Waals surface area contributed by atoms with Crippen molar-refractivity contribution in [3.8, 4) is 0 Å². The molecule has 1 aromatic rings. The van der Waals surface area contributed by atoms with Crippen LogP contribution in [0.25, 0.3) is 0 Å². The molecule has 1 aliphatic carbocycles. The van der Waals surface area contributed by atoms with Gasteiger partial charge in [0.1, 0.15) is 0 Å². The second kappa shape index (κ2) is 6.40. The van der Waals surface area contributed by atoms with Gasteiger partial charge in [-0.1, -0.05) is 43.0 Å². The zero-order valence-electron chi connectivity index (χ0n) is 12.7. The van der Waals surface area contributed by atoms with E-state index in [9.17, 15) is 4.79 Å². The highest BCUT2D eigenvalue weighted by Gasteiger charge is 2.31. The molecule has 1 aliphatic rings. The van der Waals surface area contributed by atoms with Crippen LogP contribution in [0.4, 0.5) is 0 Å². The molecular weight excluding hydrogens is 248 g/mol. The zero-order valence-corrected chi connectivity index (χ0v) is 12.7. The lowest BCUT2D eigenvalue weighted by atomic mass is 9.81. The van der Waals surface area contributed by atoms with E-state index in [0.29, 0.717) is 13.0 Å². The summed E-state index contributed by atoms with van der Waals surface area (Å²) in [7, 11) is 0. The van der Waals surface area contributed by atoms with Gasteiger partial charge in [-0.25, -0.2) is 0 Å². The van der Waals surface area contributed by atoms with E-state index >= 15 is 0 Å². The molecule has 0 bridgehead atoms. The lowest BCUT2D eigenvalue weighted by molar-refractivity contribution is -0.122. The van der Waals surface area contributed by atoms with Crippen LogP contribution in [0.5, 0.6) is 0 Å². The number of benzene rings is 1. The van der Waals surface area contributed by atoms with Crippen molar-refractivity contribution in [2.45, 2.75) is 57.9 Å². The average molecular weight is 274 g/mol. The first-order chi connectivity index (χ1) is 9.54. The Labute approximate surface area is 121 Å². The molecule has 0 unspecified atom stereocenters. The Morgan fingerprint density at radius 3 is 2.60 bits per heavy atom. The number of aryl methyl sites for hydroxylation is 2. The van der Waals surface area contributed by atoms with E-state index in [1.54, 1.807) is 0 Å². The summed E-state index contributed by atoms with van der Waals surface area (Å²) in [5.41, 5.74) is 9.25. The van der Waals surface area contributed by atoms with E-state index in [4.69, 9.17) is 5.73 Å². The van der Waals surface area contributed by atoms with Crippen LogP contribution in [-0.2, 0) is 11.2 Å². The fourth-order valence-electron chi connectivity index (χ4n) is 3.11. The molecule has 3 N–H and O–H groups in total. The third-order valence-corrected chi connectivity index (χ3v) is 4.46. The van der Waals surface area contributed by atoms with Crippen molar-refractivity contribution in [3.05, 3.63) is 34.9 Å². The fraction of sp³-hybridized carbons (Fsp3) is 0.588. The molecule has 20 heavy (non-hydrogen) atoms. The van der Waals surface area contributed by atoms with Crippen molar-refractivity contribution in [2.75, 3.05) is 6.54 Å². The quantitative estimate of drug-likeness (QED) is 0.886. The number of rotatable bonds is 4. The molecule has 0 aliphatic heterocycles. The Hall–Kier alpha value is -1.35. The third-order valence-electron chi connectivity index (χ3n) is 4.46. The van der Waals surface area contributed by atoms with Crippen LogP contribution >= 0.6 is 0 Å². The first-order valence-electron chi connectivity index (χ1n) is 7.62. The van der Waals surface area contributed by atoms with Crippen LogP contribution in [0.3, 0.4) is 0 Å². The number of amides is 1. The number of nitrogens with one attached hydrogen (secondary N) is 1. The second-order valence-corrected chi connectivity index (χ2v) is 6.20. The summed E-state index contributed by atoms with van der Waals surface area (Å²) in [6.45, 7) is 4.66. The number of nitrogens with two attached hydrogens (primary N) is 1. The van der Waals surface area contributed by atoms with E-state index in [2.05, 4.69) is 37.4 Å². The highest BCUT2D eigenvalue weighted by Crippen LogP contribution is 2.27. The Morgan fingerprint density at radius 1 is 1.25 bits per heavy atom. The third kappa shape index (κ3) is 3.60. The van der Waals surface area contributed by atoms with Gasteiger partial charge in [-0.05, 0) is 37.8 Å². The van der Waals surface area contributed by atoms with E-state index in [0.717, 1.165) is 18.4 Å². The number of carbonyl (C=O) groups is 1. The van der Waals surface area contributed by atoms with Crippen LogP contribution in [0, 0.1) is 13.8 Å². The van der Waals surface area contributed by atoms with Crippen LogP contribution in [0.2, 0.25) is 0 Å². The summed E-state index contributed by atoms with van der Waals surface area (Å²) in [6, 6.07) is 6.27. The van der Waals surface area contributed by atoms with Crippen molar-refractivity contribution >= 4 is 5.91 Å². The summed E-state index contributed by atoms with van der Waals surface area (Å²) in [4.78, 5) is 12.3. The molecule has 1 fully saturated rings. The molecule has 110 valence electrons. The van der Waals surface area contributed by atoms with Crippen molar-refractivity contribution in [3.63, 3.8) is 0 Å². The minimum atomic E-state index is -0.160. The van der Waals surface area contributed by atoms with E-state index in [1.807, 2.05) is 0 Å². The molecule has 2 rings (SSSR count). The average Bonchev–Trinajstić information content (AvgIpc) is 2.44. The van der Waals surface area contributed by atoms with Gasteiger partial charge in [0.2, 0.25) is 5.91 Å². The molecule has 3 heteroatoms. The highest BCUT2D eigenvalue weighted by molar-refractivity contribution is 5.79. The summed E-state index contributed by atoms with van der Waals surface area (Å²) in [6.07, 6.45) is 6.08. The smallest absolute Gasteiger partial charge is 0.224 e. The number of carbonyl (C=O) groups excluding carboxylic acids is 1. The maximum atomic E-state index is 12.3. The summed E-state index contributed by atoms with van der Waals surface area (Å²) >= 11 is 0. The standard InChI is InChI=1S/C17H26N2O/c1-13-6-7-14(2)15(10-13)11-16(20)19-17(12-18)8-4-3-5-9-17/h6-7,10H,3-5,8-9,11-12,18H2,1-2H3,(H,19,20). The molecular formula is C17H26N2O. The van der Waals surface area contributed by atoms with E-state index in [-0.39, 0.29) is 11.4 Å². The van der Waals surface area contributed by atoms with Crippen molar-refractivity contribution in [2.24, 2.45) is 5.73 Å². The zero-order chi connectivity index (χ0) is 14.6. The molecule has 0 aromatic heterocycles. The Morgan fingerprint density at radius 2 is 1.95 bits per heavy atom. The Balaban J connectivity index is 2.02. The minimum Gasteiger partial charge on any atom is -0.349 e. The molecule has 1 saturated carbocycles. The lowest BCUT2D eigenvalue weighted by Gasteiger charge is -2.37. The largest absolute Gasteiger partial charge is 0.349 e. The molecule has 0 spiro atoms. The van der Waals surface area contributed by atoms with Gasteiger partial charge in [-0.3, -0.25) is 4.79 Å². The molecule has 0 radical (unpaired) electrons. The summed E-state index contributed by atoms with van der Waals surface area (Å²) < 4.78 is 0. The molecule has 0 saturated heterocycles. The second-order valence-electron chi connectivity index (χ2n) is 6.20. The van der Waals surface area contributed by atoms with E-state index < -0.39 is 0 Å². The lowest BCUT2D eigenvalue weighted by Crippen LogP contribution is -2.55. The van der Waals surface area contributed by atoms with Gasteiger partial charge in [0.15, 0.2) is 0 Å². The van der Waals surface area contributed by atoms with Gasteiger partial charge < -0.3 is 11.1 Å². The first-order valence-corrected chi connectivity index (χ1v) is 7.62. The highest BCUT2D eigenvalue weighted by atomic mass is 16.1. The fourth-order valence-corrected chi connectivity index (χ4v) is 3.11. The monoisotopic (exact) mass is 274 g/mol. The van der Waals surface area contributed by atoms with Crippen LogP contribution in [0.1, 0.15) is 48.8 Å². The van der Waals surface area contributed by atoms with Crippen LogP contribution < -0.4 is 11.1 Å². The van der Waals surface area contributed by atoms with Gasteiger partial charge in [0.25, 0.3) is 0 Å². The SMILES string of the molecule is Cc1ccc(C)c(CC(=O)NC2(CN)CCCCC2)c1. The normalized spacial score (nSPS) is 17.8. The Bertz CT molecular complexity index is 476. The predicted molar refractivity (Wildman–Crippen MR) is 82.6 cm³/mol. The number of hydrogen-bond acceptors (Lipinski definition) is 2. The van der Waals surface area contributed by atoms with Gasteiger partial charge in [0, 0.05) is 6.54 Å². The van der Waals surface area contributed by atoms with Gasteiger partial charge in [-0.2, -0.15) is 0 Å². The first kappa shape index (κ1) is 15.0. The van der Waals surface area contributed by atoms with Crippen molar-refractivity contribution in [1.29, 1.82) is 0 Å². The topological polar surface area (TPSA) is 55.1 Å². The van der Waals surface area contributed by atoms with Crippen molar-refractivity contribution < 1.29 is 4.79 Å². The molecule has 1 aromatic carbocycles. The minimum absolute atomic E-state index is 0.103. The Kier molecular flexibility index (Phi) is 4.81. The van der Waals surface area contributed by atoms with E-state index in [1.165, 1.54) is 30.4 Å². The number of hydrogen-bond donors (Lipinski definition) is 2. The molecule has 0 atom stereocenters. The molecule has 1 amide bonds. The summed E-state index contributed by atoms with van der Waals surface area (Å²) in [5, 5.41) is 3.21. The van der Waals surface area contributed by atoms with Crippen LogP contribution in [-0.4, -0.2) is 18.0 Å². The van der Waals surface area contributed by atoms with Gasteiger partial charge in [-0.15, -0.1) is 0 Å². The van der Waals surface area contributed by atoms with Crippen LogP contribution in [0.15, 0.2) is 18.2 Å². The maximum Gasteiger partial charge on any atom is 0.224 e. The predicted octanol–water partition coefficient (Wildman–Crippen LogP) is 2.62. The summed E-state index contributed by atoms with van der Waals surface area (Å²) in [5.74, 6) is 0.103. The van der Waals surface area contributed by atoms with Crippen molar-refractivity contribution in [1.82, 2.24) is 5.32 Å². The van der Waals surface area contributed by atoms with Gasteiger partial charge >= 0.3 is 0 Å². The maximum absolute atomic E-state index is 12.3. The van der Waals surface area contributed by atoms with Gasteiger partial charge in [0.05, 0.1) is 12.0 Å². The molecule has 3 nitrogen and oxygen atoms in total.